The number of aromatic nitrogens is 3. The lowest BCUT2D eigenvalue weighted by atomic mass is 10.3. The maximum Gasteiger partial charge on any atom is 0.156 e. The highest BCUT2D eigenvalue weighted by molar-refractivity contribution is 5.53. The molecule has 0 aliphatic carbocycles. The van der Waals surface area contributed by atoms with Crippen molar-refractivity contribution in [3.05, 3.63) is 24.3 Å². The lowest BCUT2D eigenvalue weighted by molar-refractivity contribution is 0.308. The summed E-state index contributed by atoms with van der Waals surface area (Å²) < 4.78 is 22.5. The normalized spacial score (nSPS) is 10.1. The molecule has 2 rings (SSSR count). The molecular formula is C8H6FN3O2. The first-order chi connectivity index (χ1) is 6.81. The van der Waals surface area contributed by atoms with Crippen LogP contribution in [0.3, 0.4) is 0 Å². The summed E-state index contributed by atoms with van der Waals surface area (Å²) in [6, 6.07) is 1.22. The van der Waals surface area contributed by atoms with Crippen molar-refractivity contribution >= 4 is 0 Å². The van der Waals surface area contributed by atoms with Crippen LogP contribution in [0, 0.1) is 5.82 Å². The molecule has 0 saturated carbocycles. The van der Waals surface area contributed by atoms with Crippen molar-refractivity contribution in [2.75, 3.05) is 7.11 Å². The average Bonchev–Trinajstić information content (AvgIpc) is 2.70. The molecule has 0 aliphatic heterocycles. The Labute approximate surface area is 78.5 Å². The first-order valence-electron chi connectivity index (χ1n) is 3.78. The summed E-state index contributed by atoms with van der Waals surface area (Å²) in [6.45, 7) is 0. The van der Waals surface area contributed by atoms with E-state index in [1.807, 2.05) is 0 Å². The molecule has 0 spiro atoms. The minimum Gasteiger partial charge on any atom is -0.495 e. The predicted octanol–water partition coefficient (Wildman–Crippen LogP) is 1.28. The predicted molar refractivity (Wildman–Crippen MR) is 44.0 cm³/mol. The van der Waals surface area contributed by atoms with Gasteiger partial charge >= 0.3 is 0 Å². The van der Waals surface area contributed by atoms with Gasteiger partial charge in [0.25, 0.3) is 0 Å². The van der Waals surface area contributed by atoms with Gasteiger partial charge < -0.3 is 4.74 Å². The summed E-state index contributed by atoms with van der Waals surface area (Å²) in [5.74, 6) is -0.178. The lowest BCUT2D eigenvalue weighted by Crippen LogP contribution is -1.91. The molecule has 0 amide bonds. The highest BCUT2D eigenvalue weighted by atomic mass is 19.1. The quantitative estimate of drug-likeness (QED) is 0.722. The van der Waals surface area contributed by atoms with E-state index in [1.54, 1.807) is 0 Å². The first kappa shape index (κ1) is 8.61. The van der Waals surface area contributed by atoms with Gasteiger partial charge in [0.1, 0.15) is 17.6 Å². The van der Waals surface area contributed by atoms with Gasteiger partial charge in [-0.15, -0.1) is 0 Å². The first-order valence-corrected chi connectivity index (χ1v) is 3.78. The summed E-state index contributed by atoms with van der Waals surface area (Å²) in [6.07, 6.45) is 2.69. The zero-order chi connectivity index (χ0) is 9.97. The molecule has 14 heavy (non-hydrogen) atoms. The Morgan fingerprint density at radius 2 is 2.29 bits per heavy atom. The highest BCUT2D eigenvalue weighted by Gasteiger charge is 2.11. The summed E-state index contributed by atoms with van der Waals surface area (Å²) in [7, 11) is 1.44. The van der Waals surface area contributed by atoms with Gasteiger partial charge in [0.2, 0.25) is 0 Å². The molecular weight excluding hydrogens is 189 g/mol. The Hall–Kier alpha value is -1.98. The van der Waals surface area contributed by atoms with Gasteiger partial charge in [-0.3, -0.25) is 0 Å². The molecule has 0 aromatic carbocycles. The van der Waals surface area contributed by atoms with Crippen molar-refractivity contribution in [1.82, 2.24) is 15.3 Å². The molecule has 2 aromatic rings. The van der Waals surface area contributed by atoms with Crippen LogP contribution >= 0.6 is 0 Å². The fraction of sp³-hybridized carbons (Fsp3) is 0.125. The van der Waals surface area contributed by atoms with Crippen molar-refractivity contribution in [2.45, 2.75) is 0 Å². The van der Waals surface area contributed by atoms with Crippen LogP contribution in [0.5, 0.6) is 5.75 Å². The number of halogens is 1. The molecule has 0 unspecified atom stereocenters. The third-order valence-electron chi connectivity index (χ3n) is 1.66. The van der Waals surface area contributed by atoms with E-state index in [9.17, 15) is 4.39 Å². The van der Waals surface area contributed by atoms with Gasteiger partial charge in [-0.1, -0.05) is 5.16 Å². The molecule has 6 heteroatoms. The molecule has 5 nitrogen and oxygen atoms in total. The second-order valence-corrected chi connectivity index (χ2v) is 2.50. The second-order valence-electron chi connectivity index (χ2n) is 2.50. The largest absolute Gasteiger partial charge is 0.495 e. The molecule has 0 saturated heterocycles. The number of nitrogens with zero attached hydrogens (tertiary/aromatic N) is 3. The molecule has 0 radical (unpaired) electrons. The maximum atomic E-state index is 13.3. The van der Waals surface area contributed by atoms with Crippen molar-refractivity contribution in [3.63, 3.8) is 0 Å². The minimum atomic E-state index is -0.528. The van der Waals surface area contributed by atoms with E-state index in [0.717, 1.165) is 0 Å². The number of hydrogen-bond donors (Lipinski definition) is 0. The van der Waals surface area contributed by atoms with Crippen molar-refractivity contribution in [3.8, 4) is 17.1 Å². The van der Waals surface area contributed by atoms with Crippen LogP contribution in [0.4, 0.5) is 4.39 Å². The third kappa shape index (κ3) is 1.41. The summed E-state index contributed by atoms with van der Waals surface area (Å²) in [5.41, 5.74) is 0.345. The number of ether oxygens (including phenoxy) is 1. The molecule has 0 fully saturated rings. The molecule has 2 heterocycles. The fourth-order valence-corrected chi connectivity index (χ4v) is 0.989. The SMILES string of the molecule is COc1cnc(-c2cnon2)c(F)c1. The summed E-state index contributed by atoms with van der Waals surface area (Å²) in [4.78, 5) is 3.83. The number of methoxy groups -OCH3 is 1. The van der Waals surface area contributed by atoms with Crippen LogP contribution in [0.25, 0.3) is 11.4 Å². The summed E-state index contributed by atoms with van der Waals surface area (Å²) in [5, 5.41) is 6.83. The fourth-order valence-electron chi connectivity index (χ4n) is 0.989. The minimum absolute atomic E-state index is 0.0899. The van der Waals surface area contributed by atoms with Crippen LogP contribution in [-0.4, -0.2) is 22.4 Å². The van der Waals surface area contributed by atoms with E-state index in [-0.39, 0.29) is 11.4 Å². The van der Waals surface area contributed by atoms with E-state index in [4.69, 9.17) is 4.74 Å². The molecule has 0 atom stereocenters. The van der Waals surface area contributed by atoms with Crippen LogP contribution in [-0.2, 0) is 0 Å². The monoisotopic (exact) mass is 195 g/mol. The second kappa shape index (κ2) is 3.41. The third-order valence-corrected chi connectivity index (χ3v) is 1.66. The highest BCUT2D eigenvalue weighted by Crippen LogP contribution is 2.20. The van der Waals surface area contributed by atoms with Gasteiger partial charge in [-0.05, 0) is 5.16 Å². The summed E-state index contributed by atoms with van der Waals surface area (Å²) >= 11 is 0. The van der Waals surface area contributed by atoms with E-state index in [1.165, 1.54) is 25.6 Å². The zero-order valence-electron chi connectivity index (χ0n) is 7.27. The van der Waals surface area contributed by atoms with Crippen LogP contribution in [0.1, 0.15) is 0 Å². The number of pyridine rings is 1. The molecule has 0 bridgehead atoms. The van der Waals surface area contributed by atoms with Crippen molar-refractivity contribution in [2.24, 2.45) is 0 Å². The molecule has 0 N–H and O–H groups in total. The zero-order valence-corrected chi connectivity index (χ0v) is 7.27. The Balaban J connectivity index is 2.46. The van der Waals surface area contributed by atoms with Crippen molar-refractivity contribution < 1.29 is 13.8 Å². The van der Waals surface area contributed by atoms with Gasteiger partial charge in [0.15, 0.2) is 11.5 Å². The number of hydrogen-bond acceptors (Lipinski definition) is 5. The average molecular weight is 195 g/mol. The van der Waals surface area contributed by atoms with Gasteiger partial charge in [-0.2, -0.15) is 0 Å². The standard InChI is InChI=1S/C8H6FN3O2/c1-13-5-2-6(9)8(10-3-5)7-4-11-14-12-7/h2-4H,1H3. The smallest absolute Gasteiger partial charge is 0.156 e. The molecule has 2 aromatic heterocycles. The van der Waals surface area contributed by atoms with E-state index in [2.05, 4.69) is 19.9 Å². The van der Waals surface area contributed by atoms with E-state index in [0.29, 0.717) is 5.75 Å². The van der Waals surface area contributed by atoms with Crippen LogP contribution in [0.15, 0.2) is 23.1 Å². The van der Waals surface area contributed by atoms with Gasteiger partial charge in [-0.25, -0.2) is 14.0 Å². The molecule has 72 valence electrons. The Morgan fingerprint density at radius 1 is 1.43 bits per heavy atom. The lowest BCUT2D eigenvalue weighted by Gasteiger charge is -2.00. The van der Waals surface area contributed by atoms with Crippen LogP contribution in [0.2, 0.25) is 0 Å². The van der Waals surface area contributed by atoms with E-state index < -0.39 is 5.82 Å². The van der Waals surface area contributed by atoms with Crippen LogP contribution < -0.4 is 4.74 Å². The Morgan fingerprint density at radius 3 is 2.86 bits per heavy atom. The topological polar surface area (TPSA) is 61.0 Å². The molecule has 0 aliphatic rings. The van der Waals surface area contributed by atoms with Crippen molar-refractivity contribution in [1.29, 1.82) is 0 Å². The Kier molecular flexibility index (Phi) is 2.10. The van der Waals surface area contributed by atoms with E-state index >= 15 is 0 Å². The number of rotatable bonds is 2. The van der Waals surface area contributed by atoms with Gasteiger partial charge in [0, 0.05) is 6.07 Å². The van der Waals surface area contributed by atoms with Gasteiger partial charge in [0.05, 0.1) is 13.3 Å². The maximum absolute atomic E-state index is 13.3. The Bertz CT molecular complexity index is 430.